The Morgan fingerprint density at radius 1 is 1.00 bits per heavy atom. The van der Waals surface area contributed by atoms with E-state index < -0.39 is 0 Å². The fourth-order valence-corrected chi connectivity index (χ4v) is 3.13. The molecule has 0 fully saturated rings. The normalized spacial score (nSPS) is 13.4. The molecule has 1 N–H and O–H groups in total. The standard InChI is InChI=1S/C21H25NO6/c1-13(14-5-6-16-17(10-14)28-8-7-27-16)9-20(23)22-15-11-18(24-2)21(26-4)19(12-15)25-3/h5-6,10-13H,7-9H2,1-4H3,(H,22,23). The topological polar surface area (TPSA) is 75.3 Å². The lowest BCUT2D eigenvalue weighted by molar-refractivity contribution is -0.116. The van der Waals surface area contributed by atoms with Crippen LogP contribution in [-0.4, -0.2) is 40.5 Å². The van der Waals surface area contributed by atoms with Crippen molar-refractivity contribution in [3.05, 3.63) is 35.9 Å². The molecule has 7 heteroatoms. The van der Waals surface area contributed by atoms with Crippen molar-refractivity contribution in [1.82, 2.24) is 0 Å². The van der Waals surface area contributed by atoms with Crippen LogP contribution in [0.4, 0.5) is 5.69 Å². The van der Waals surface area contributed by atoms with Crippen LogP contribution in [0.15, 0.2) is 30.3 Å². The second kappa shape index (κ2) is 8.73. The number of benzene rings is 2. The molecule has 1 aliphatic rings. The molecule has 1 amide bonds. The minimum Gasteiger partial charge on any atom is -0.493 e. The third-order valence-electron chi connectivity index (χ3n) is 4.58. The van der Waals surface area contributed by atoms with E-state index >= 15 is 0 Å². The summed E-state index contributed by atoms with van der Waals surface area (Å²) in [6, 6.07) is 9.19. The maximum absolute atomic E-state index is 12.6. The van der Waals surface area contributed by atoms with Crippen molar-refractivity contribution >= 4 is 11.6 Å². The van der Waals surface area contributed by atoms with E-state index in [1.165, 1.54) is 21.3 Å². The zero-order chi connectivity index (χ0) is 20.1. The number of fused-ring (bicyclic) bond motifs is 1. The van der Waals surface area contributed by atoms with Crippen molar-refractivity contribution in [2.45, 2.75) is 19.3 Å². The Morgan fingerprint density at radius 3 is 2.25 bits per heavy atom. The van der Waals surface area contributed by atoms with Gasteiger partial charge in [-0.05, 0) is 23.6 Å². The molecule has 7 nitrogen and oxygen atoms in total. The van der Waals surface area contributed by atoms with Crippen LogP contribution in [0, 0.1) is 0 Å². The van der Waals surface area contributed by atoms with Gasteiger partial charge < -0.3 is 29.0 Å². The molecular weight excluding hydrogens is 362 g/mol. The van der Waals surface area contributed by atoms with E-state index in [2.05, 4.69) is 5.32 Å². The summed E-state index contributed by atoms with van der Waals surface area (Å²) in [6.45, 7) is 3.09. The van der Waals surface area contributed by atoms with Crippen LogP contribution in [0.25, 0.3) is 0 Å². The second-order valence-electron chi connectivity index (χ2n) is 6.47. The Bertz CT molecular complexity index is 826. The first-order valence-electron chi connectivity index (χ1n) is 9.05. The molecule has 1 heterocycles. The Hall–Kier alpha value is -3.09. The summed E-state index contributed by atoms with van der Waals surface area (Å²) in [5.41, 5.74) is 1.60. The number of hydrogen-bond donors (Lipinski definition) is 1. The van der Waals surface area contributed by atoms with Gasteiger partial charge in [0.05, 0.1) is 21.3 Å². The average molecular weight is 387 g/mol. The molecule has 0 spiro atoms. The highest BCUT2D eigenvalue weighted by molar-refractivity contribution is 5.92. The van der Waals surface area contributed by atoms with Gasteiger partial charge in [0.2, 0.25) is 11.7 Å². The van der Waals surface area contributed by atoms with Gasteiger partial charge >= 0.3 is 0 Å². The number of nitrogens with one attached hydrogen (secondary N) is 1. The quantitative estimate of drug-likeness (QED) is 0.782. The maximum atomic E-state index is 12.6. The van der Waals surface area contributed by atoms with E-state index in [4.69, 9.17) is 23.7 Å². The molecule has 1 atom stereocenters. The average Bonchev–Trinajstić information content (AvgIpc) is 2.72. The van der Waals surface area contributed by atoms with Crippen LogP contribution < -0.4 is 29.0 Å². The van der Waals surface area contributed by atoms with Gasteiger partial charge in [-0.1, -0.05) is 13.0 Å². The summed E-state index contributed by atoms with van der Waals surface area (Å²) in [6.07, 6.45) is 0.316. The van der Waals surface area contributed by atoms with Crippen LogP contribution >= 0.6 is 0 Å². The summed E-state index contributed by atoms with van der Waals surface area (Å²) in [5.74, 6) is 2.81. The second-order valence-corrected chi connectivity index (χ2v) is 6.47. The zero-order valence-electron chi connectivity index (χ0n) is 16.5. The van der Waals surface area contributed by atoms with Crippen molar-refractivity contribution < 1.29 is 28.5 Å². The Kier molecular flexibility index (Phi) is 6.13. The van der Waals surface area contributed by atoms with Crippen LogP contribution in [0.2, 0.25) is 0 Å². The largest absolute Gasteiger partial charge is 0.493 e. The van der Waals surface area contributed by atoms with E-state index in [0.29, 0.717) is 42.6 Å². The molecule has 28 heavy (non-hydrogen) atoms. The van der Waals surface area contributed by atoms with Gasteiger partial charge in [0, 0.05) is 24.2 Å². The Labute approximate surface area is 164 Å². The van der Waals surface area contributed by atoms with Crippen LogP contribution in [0.3, 0.4) is 0 Å². The lowest BCUT2D eigenvalue weighted by Gasteiger charge is -2.20. The Balaban J connectivity index is 1.70. The minimum atomic E-state index is -0.114. The van der Waals surface area contributed by atoms with E-state index in [0.717, 1.165) is 17.1 Å². The van der Waals surface area contributed by atoms with Gasteiger partial charge in [-0.25, -0.2) is 0 Å². The molecule has 2 aromatic rings. The highest BCUT2D eigenvalue weighted by atomic mass is 16.6. The van der Waals surface area contributed by atoms with Gasteiger partial charge in [-0.2, -0.15) is 0 Å². The number of rotatable bonds is 7. The number of ether oxygens (including phenoxy) is 5. The van der Waals surface area contributed by atoms with Crippen molar-refractivity contribution in [3.63, 3.8) is 0 Å². The fourth-order valence-electron chi connectivity index (χ4n) is 3.13. The highest BCUT2D eigenvalue weighted by Gasteiger charge is 2.18. The van der Waals surface area contributed by atoms with Gasteiger partial charge in [0.25, 0.3) is 0 Å². The smallest absolute Gasteiger partial charge is 0.224 e. The predicted octanol–water partition coefficient (Wildman–Crippen LogP) is 3.62. The summed E-state index contributed by atoms with van der Waals surface area (Å²) >= 11 is 0. The van der Waals surface area contributed by atoms with E-state index in [9.17, 15) is 4.79 Å². The molecule has 0 bridgehead atoms. The number of amides is 1. The fraction of sp³-hybridized carbons (Fsp3) is 0.381. The molecule has 0 aromatic heterocycles. The van der Waals surface area contributed by atoms with Crippen LogP contribution in [0.1, 0.15) is 24.8 Å². The van der Waals surface area contributed by atoms with E-state index in [1.54, 1.807) is 12.1 Å². The molecule has 1 unspecified atom stereocenters. The first-order chi connectivity index (χ1) is 13.5. The first kappa shape index (κ1) is 19.7. The molecule has 0 aliphatic carbocycles. The number of anilines is 1. The number of carbonyl (C=O) groups excluding carboxylic acids is 1. The molecule has 2 aromatic carbocycles. The third-order valence-corrected chi connectivity index (χ3v) is 4.58. The summed E-state index contributed by atoms with van der Waals surface area (Å²) in [4.78, 5) is 12.6. The monoisotopic (exact) mass is 387 g/mol. The van der Waals surface area contributed by atoms with Crippen molar-refractivity contribution in [3.8, 4) is 28.7 Å². The van der Waals surface area contributed by atoms with Crippen molar-refractivity contribution in [2.75, 3.05) is 39.9 Å². The van der Waals surface area contributed by atoms with Gasteiger partial charge in [0.15, 0.2) is 23.0 Å². The molecule has 150 valence electrons. The molecule has 1 aliphatic heterocycles. The number of carbonyl (C=O) groups is 1. The number of hydrogen-bond acceptors (Lipinski definition) is 6. The van der Waals surface area contributed by atoms with Gasteiger partial charge in [-0.3, -0.25) is 4.79 Å². The minimum absolute atomic E-state index is 0.0119. The predicted molar refractivity (Wildman–Crippen MR) is 105 cm³/mol. The molecule has 0 radical (unpaired) electrons. The van der Waals surface area contributed by atoms with Crippen molar-refractivity contribution in [2.24, 2.45) is 0 Å². The van der Waals surface area contributed by atoms with Crippen LogP contribution in [0.5, 0.6) is 28.7 Å². The number of methoxy groups -OCH3 is 3. The highest BCUT2D eigenvalue weighted by Crippen LogP contribution is 2.40. The lowest BCUT2D eigenvalue weighted by atomic mass is 9.97. The van der Waals surface area contributed by atoms with Gasteiger partial charge in [-0.15, -0.1) is 0 Å². The van der Waals surface area contributed by atoms with Crippen LogP contribution in [-0.2, 0) is 4.79 Å². The summed E-state index contributed by atoms with van der Waals surface area (Å²) in [7, 11) is 4.60. The van der Waals surface area contributed by atoms with E-state index in [-0.39, 0.29) is 11.8 Å². The molecule has 0 saturated carbocycles. The van der Waals surface area contributed by atoms with Crippen molar-refractivity contribution in [1.29, 1.82) is 0 Å². The third kappa shape index (κ3) is 4.24. The van der Waals surface area contributed by atoms with Gasteiger partial charge in [0.1, 0.15) is 13.2 Å². The summed E-state index contributed by atoms with van der Waals surface area (Å²) < 4.78 is 27.1. The maximum Gasteiger partial charge on any atom is 0.224 e. The Morgan fingerprint density at radius 2 is 1.64 bits per heavy atom. The summed E-state index contributed by atoms with van der Waals surface area (Å²) in [5, 5.41) is 2.90. The molecular formula is C21H25NO6. The first-order valence-corrected chi connectivity index (χ1v) is 9.05. The molecule has 3 rings (SSSR count). The SMILES string of the molecule is COc1cc(NC(=O)CC(C)c2ccc3c(c2)OCCO3)cc(OC)c1OC. The lowest BCUT2D eigenvalue weighted by Crippen LogP contribution is -2.17. The zero-order valence-corrected chi connectivity index (χ0v) is 16.5. The molecule has 0 saturated heterocycles. The van der Waals surface area contributed by atoms with E-state index in [1.807, 2.05) is 25.1 Å².